The molecule has 0 spiro atoms. The highest BCUT2D eigenvalue weighted by Crippen LogP contribution is 2.31. The van der Waals surface area contributed by atoms with Crippen molar-refractivity contribution in [2.24, 2.45) is 7.05 Å². The van der Waals surface area contributed by atoms with E-state index in [1.165, 1.54) is 5.56 Å². The molecule has 3 rings (SSSR count). The minimum Gasteiger partial charge on any atom is -0.493 e. The molecular formula is C13H12N2O2. The van der Waals surface area contributed by atoms with Crippen LogP contribution in [-0.4, -0.2) is 22.4 Å². The van der Waals surface area contributed by atoms with Crippen LogP contribution in [0.1, 0.15) is 16.1 Å². The number of rotatable bonds is 2. The summed E-state index contributed by atoms with van der Waals surface area (Å²) in [5.41, 5.74) is 3.54. The van der Waals surface area contributed by atoms with Crippen LogP contribution in [0.25, 0.3) is 11.3 Å². The van der Waals surface area contributed by atoms with Crippen LogP contribution in [0.2, 0.25) is 0 Å². The molecule has 0 saturated carbocycles. The monoisotopic (exact) mass is 228 g/mol. The Balaban J connectivity index is 2.15. The fraction of sp³-hybridized carbons (Fsp3) is 0.231. The summed E-state index contributed by atoms with van der Waals surface area (Å²) in [6, 6.07) is 6.00. The van der Waals surface area contributed by atoms with Gasteiger partial charge in [-0.05, 0) is 23.8 Å². The van der Waals surface area contributed by atoms with Gasteiger partial charge in [0.15, 0.2) is 6.29 Å². The molecule has 0 fully saturated rings. The van der Waals surface area contributed by atoms with Crippen LogP contribution in [0, 0.1) is 0 Å². The quantitative estimate of drug-likeness (QED) is 0.736. The van der Waals surface area contributed by atoms with Gasteiger partial charge in [-0.3, -0.25) is 4.79 Å². The highest BCUT2D eigenvalue weighted by molar-refractivity contribution is 5.84. The molecule has 2 aromatic rings. The molecule has 1 aliphatic rings. The normalized spacial score (nSPS) is 13.2. The van der Waals surface area contributed by atoms with E-state index in [2.05, 4.69) is 11.1 Å². The van der Waals surface area contributed by atoms with E-state index in [0.29, 0.717) is 5.69 Å². The average molecular weight is 228 g/mol. The number of ether oxygens (including phenoxy) is 1. The fourth-order valence-corrected chi connectivity index (χ4v) is 2.22. The Morgan fingerprint density at radius 2 is 2.35 bits per heavy atom. The second-order valence-corrected chi connectivity index (χ2v) is 4.13. The van der Waals surface area contributed by atoms with E-state index < -0.39 is 0 Å². The van der Waals surface area contributed by atoms with Crippen molar-refractivity contribution in [3.8, 4) is 17.0 Å². The minimum absolute atomic E-state index is 0.478. The van der Waals surface area contributed by atoms with Crippen molar-refractivity contribution in [1.29, 1.82) is 0 Å². The van der Waals surface area contributed by atoms with E-state index in [1.54, 1.807) is 6.33 Å². The van der Waals surface area contributed by atoms with Gasteiger partial charge in [-0.25, -0.2) is 4.98 Å². The van der Waals surface area contributed by atoms with Crippen LogP contribution in [0.3, 0.4) is 0 Å². The summed E-state index contributed by atoms with van der Waals surface area (Å²) >= 11 is 0. The molecular weight excluding hydrogens is 216 g/mol. The number of aromatic nitrogens is 2. The number of aryl methyl sites for hydroxylation is 1. The van der Waals surface area contributed by atoms with Crippen LogP contribution >= 0.6 is 0 Å². The minimum atomic E-state index is 0.478. The summed E-state index contributed by atoms with van der Waals surface area (Å²) in [5.74, 6) is 0.948. The molecule has 0 radical (unpaired) electrons. The van der Waals surface area contributed by atoms with Crippen molar-refractivity contribution in [3.63, 3.8) is 0 Å². The predicted octanol–water partition coefficient (Wildman–Crippen LogP) is 1.83. The molecule has 1 aromatic carbocycles. The van der Waals surface area contributed by atoms with E-state index in [1.807, 2.05) is 23.7 Å². The average Bonchev–Trinajstić information content (AvgIpc) is 2.93. The lowest BCUT2D eigenvalue weighted by molar-refractivity contribution is 0.112. The zero-order valence-electron chi connectivity index (χ0n) is 9.51. The summed E-state index contributed by atoms with van der Waals surface area (Å²) in [6.07, 6.45) is 3.37. The van der Waals surface area contributed by atoms with Crippen molar-refractivity contribution in [2.75, 3.05) is 6.61 Å². The third kappa shape index (κ3) is 1.53. The fourth-order valence-electron chi connectivity index (χ4n) is 2.22. The lowest BCUT2D eigenvalue weighted by atomic mass is 10.1. The summed E-state index contributed by atoms with van der Waals surface area (Å²) in [7, 11) is 1.89. The number of nitrogens with zero attached hydrogens (tertiary/aromatic N) is 2. The number of benzene rings is 1. The summed E-state index contributed by atoms with van der Waals surface area (Å²) in [6.45, 7) is 0.741. The third-order valence-corrected chi connectivity index (χ3v) is 3.04. The highest BCUT2D eigenvalue weighted by atomic mass is 16.5. The molecule has 1 aromatic heterocycles. The molecule has 0 unspecified atom stereocenters. The van der Waals surface area contributed by atoms with Crippen LogP contribution in [-0.2, 0) is 13.5 Å². The number of carbonyl (C=O) groups is 1. The lowest BCUT2D eigenvalue weighted by Gasteiger charge is -2.05. The standard InChI is InChI=1S/C13H12N2O2/c1-15-8-14-11(7-16)13(15)10-2-3-12-9(6-10)4-5-17-12/h2-3,6-8H,4-5H2,1H3. The van der Waals surface area contributed by atoms with Gasteiger partial charge >= 0.3 is 0 Å². The van der Waals surface area contributed by atoms with Crippen molar-refractivity contribution in [2.45, 2.75) is 6.42 Å². The second-order valence-electron chi connectivity index (χ2n) is 4.13. The van der Waals surface area contributed by atoms with Crippen LogP contribution in [0.5, 0.6) is 5.75 Å². The van der Waals surface area contributed by atoms with E-state index in [0.717, 1.165) is 36.3 Å². The maximum Gasteiger partial charge on any atom is 0.170 e. The van der Waals surface area contributed by atoms with Gasteiger partial charge in [0, 0.05) is 19.0 Å². The number of imidazole rings is 1. The molecule has 0 amide bonds. The van der Waals surface area contributed by atoms with Crippen molar-refractivity contribution in [1.82, 2.24) is 9.55 Å². The molecule has 1 aliphatic heterocycles. The topological polar surface area (TPSA) is 44.1 Å². The predicted molar refractivity (Wildman–Crippen MR) is 63.2 cm³/mol. The van der Waals surface area contributed by atoms with Gasteiger partial charge in [0.05, 0.1) is 18.6 Å². The van der Waals surface area contributed by atoms with Gasteiger partial charge in [0.1, 0.15) is 11.4 Å². The van der Waals surface area contributed by atoms with E-state index in [-0.39, 0.29) is 0 Å². The molecule has 2 heterocycles. The van der Waals surface area contributed by atoms with Gasteiger partial charge in [-0.1, -0.05) is 0 Å². The van der Waals surface area contributed by atoms with Crippen LogP contribution < -0.4 is 4.74 Å². The molecule has 0 aliphatic carbocycles. The Bertz CT molecular complexity index is 587. The summed E-state index contributed by atoms with van der Waals surface area (Å²) in [4.78, 5) is 15.0. The van der Waals surface area contributed by atoms with Gasteiger partial charge in [0.25, 0.3) is 0 Å². The number of fused-ring (bicyclic) bond motifs is 1. The van der Waals surface area contributed by atoms with Gasteiger partial charge < -0.3 is 9.30 Å². The van der Waals surface area contributed by atoms with Crippen molar-refractivity contribution >= 4 is 6.29 Å². The molecule has 4 heteroatoms. The largest absolute Gasteiger partial charge is 0.493 e. The number of hydrogen-bond acceptors (Lipinski definition) is 3. The van der Waals surface area contributed by atoms with Crippen LogP contribution in [0.4, 0.5) is 0 Å². The first-order valence-corrected chi connectivity index (χ1v) is 5.52. The van der Waals surface area contributed by atoms with Gasteiger partial charge in [-0.15, -0.1) is 0 Å². The third-order valence-electron chi connectivity index (χ3n) is 3.04. The lowest BCUT2D eigenvalue weighted by Crippen LogP contribution is -1.93. The first-order chi connectivity index (χ1) is 8.29. The van der Waals surface area contributed by atoms with E-state index >= 15 is 0 Å². The molecule has 0 atom stereocenters. The number of carbonyl (C=O) groups excluding carboxylic acids is 1. The maximum absolute atomic E-state index is 10.9. The van der Waals surface area contributed by atoms with Crippen molar-refractivity contribution < 1.29 is 9.53 Å². The number of aldehydes is 1. The Labute approximate surface area is 98.9 Å². The van der Waals surface area contributed by atoms with E-state index in [4.69, 9.17) is 4.74 Å². The molecule has 0 saturated heterocycles. The first-order valence-electron chi connectivity index (χ1n) is 5.52. The van der Waals surface area contributed by atoms with E-state index in [9.17, 15) is 4.79 Å². The maximum atomic E-state index is 10.9. The van der Waals surface area contributed by atoms with Gasteiger partial charge in [0.2, 0.25) is 0 Å². The zero-order valence-corrected chi connectivity index (χ0v) is 9.51. The smallest absolute Gasteiger partial charge is 0.170 e. The summed E-state index contributed by atoms with van der Waals surface area (Å²) in [5, 5.41) is 0. The Hall–Kier alpha value is -2.10. The molecule has 0 bridgehead atoms. The Morgan fingerprint density at radius 3 is 3.18 bits per heavy atom. The molecule has 17 heavy (non-hydrogen) atoms. The van der Waals surface area contributed by atoms with Crippen LogP contribution in [0.15, 0.2) is 24.5 Å². The molecule has 4 nitrogen and oxygen atoms in total. The van der Waals surface area contributed by atoms with Crippen molar-refractivity contribution in [3.05, 3.63) is 35.8 Å². The number of hydrogen-bond donors (Lipinski definition) is 0. The first kappa shape index (κ1) is 10.1. The zero-order chi connectivity index (χ0) is 11.8. The summed E-state index contributed by atoms with van der Waals surface area (Å²) < 4.78 is 7.33. The highest BCUT2D eigenvalue weighted by Gasteiger charge is 2.16. The second kappa shape index (κ2) is 3.73. The molecule has 0 N–H and O–H groups in total. The Morgan fingerprint density at radius 1 is 1.47 bits per heavy atom. The van der Waals surface area contributed by atoms with Gasteiger partial charge in [-0.2, -0.15) is 0 Å². The SMILES string of the molecule is Cn1cnc(C=O)c1-c1ccc2c(c1)CCO2. The molecule has 86 valence electrons. The Kier molecular flexibility index (Phi) is 2.21.